The predicted molar refractivity (Wildman–Crippen MR) is 48.3 cm³/mol. The Morgan fingerprint density at radius 2 is 2.33 bits per heavy atom. The molecule has 0 amide bonds. The number of aliphatic carboxylic acids is 1. The second-order valence-electron chi connectivity index (χ2n) is 2.71. The van der Waals surface area contributed by atoms with Crippen molar-refractivity contribution in [2.24, 2.45) is 5.10 Å². The molecule has 0 aliphatic heterocycles. The Balaban J connectivity index is 4.03. The van der Waals surface area contributed by atoms with E-state index in [-0.39, 0.29) is 0 Å². The molecule has 0 fully saturated rings. The maximum Gasteiger partial charge on any atom is 0.328 e. The number of nitrogens with zero attached hydrogens (tertiary/aromatic N) is 2. The van der Waals surface area contributed by atoms with Crippen LogP contribution in [0.4, 0.5) is 0 Å². The predicted octanol–water partition coefficient (Wildman–Crippen LogP) is 1.18. The molecule has 4 heteroatoms. The van der Waals surface area contributed by atoms with E-state index in [2.05, 4.69) is 11.8 Å². The minimum absolute atomic E-state index is 0.526. The number of likely N-dealkylation sites (N-methyl/N-ethyl adjacent to an activating group) is 1. The van der Waals surface area contributed by atoms with E-state index in [4.69, 9.17) is 5.11 Å². The highest BCUT2D eigenvalue weighted by atomic mass is 16.4. The molecule has 1 unspecified atom stereocenters. The number of carbonyl (C=O) groups is 1. The van der Waals surface area contributed by atoms with Crippen molar-refractivity contribution in [1.29, 1.82) is 0 Å². The molecule has 70 valence electrons. The van der Waals surface area contributed by atoms with E-state index in [1.165, 1.54) is 5.01 Å². The van der Waals surface area contributed by atoms with E-state index in [1.807, 2.05) is 6.92 Å². The first kappa shape index (κ1) is 10.9. The molecule has 0 saturated heterocycles. The topological polar surface area (TPSA) is 52.9 Å². The lowest BCUT2D eigenvalue weighted by molar-refractivity contribution is -0.143. The average Bonchev–Trinajstić information content (AvgIpc) is 2.04. The van der Waals surface area contributed by atoms with Gasteiger partial charge in [0.1, 0.15) is 6.04 Å². The van der Waals surface area contributed by atoms with Crippen LogP contribution >= 0.6 is 0 Å². The van der Waals surface area contributed by atoms with Crippen molar-refractivity contribution in [1.82, 2.24) is 5.01 Å². The molecule has 0 aliphatic carbocycles. The fraction of sp³-hybridized carbons (Fsp3) is 0.750. The van der Waals surface area contributed by atoms with Crippen LogP contribution in [0.25, 0.3) is 0 Å². The average molecular weight is 172 g/mol. The van der Waals surface area contributed by atoms with Gasteiger partial charge < -0.3 is 5.11 Å². The Morgan fingerprint density at radius 1 is 1.75 bits per heavy atom. The van der Waals surface area contributed by atoms with E-state index in [9.17, 15) is 4.79 Å². The quantitative estimate of drug-likeness (QED) is 0.483. The molecule has 0 aromatic carbocycles. The monoisotopic (exact) mass is 172 g/mol. The van der Waals surface area contributed by atoms with Crippen molar-refractivity contribution < 1.29 is 9.90 Å². The Morgan fingerprint density at radius 3 is 2.67 bits per heavy atom. The van der Waals surface area contributed by atoms with Crippen LogP contribution in [0.2, 0.25) is 0 Å². The van der Waals surface area contributed by atoms with Crippen molar-refractivity contribution in [3.63, 3.8) is 0 Å². The van der Waals surface area contributed by atoms with Crippen molar-refractivity contribution in [2.45, 2.75) is 32.2 Å². The summed E-state index contributed by atoms with van der Waals surface area (Å²) in [6.07, 6.45) is 2.52. The summed E-state index contributed by atoms with van der Waals surface area (Å²) in [6.45, 7) is 5.31. The molecular weight excluding hydrogens is 156 g/mol. The molecule has 12 heavy (non-hydrogen) atoms. The third-order valence-corrected chi connectivity index (χ3v) is 1.79. The largest absolute Gasteiger partial charge is 0.480 e. The molecule has 0 spiro atoms. The third kappa shape index (κ3) is 3.37. The van der Waals surface area contributed by atoms with Crippen LogP contribution < -0.4 is 0 Å². The van der Waals surface area contributed by atoms with Gasteiger partial charge in [0.25, 0.3) is 0 Å². The van der Waals surface area contributed by atoms with Gasteiger partial charge in [0.05, 0.1) is 0 Å². The van der Waals surface area contributed by atoms with Gasteiger partial charge in [-0.2, -0.15) is 5.10 Å². The fourth-order valence-corrected chi connectivity index (χ4v) is 0.966. The molecule has 1 N–H and O–H groups in total. The third-order valence-electron chi connectivity index (χ3n) is 1.79. The van der Waals surface area contributed by atoms with E-state index in [0.717, 1.165) is 12.8 Å². The first-order chi connectivity index (χ1) is 5.63. The first-order valence-electron chi connectivity index (χ1n) is 4.05. The van der Waals surface area contributed by atoms with Crippen LogP contribution in [0.3, 0.4) is 0 Å². The van der Waals surface area contributed by atoms with Crippen LogP contribution in [0, 0.1) is 0 Å². The minimum atomic E-state index is -0.835. The molecule has 0 heterocycles. The SMILES string of the molecule is C=NN(C)C(CCCC)C(=O)O. The summed E-state index contributed by atoms with van der Waals surface area (Å²) in [4.78, 5) is 10.7. The molecule has 0 aliphatic rings. The number of carboxylic acid groups (broad SMARTS) is 1. The zero-order valence-electron chi connectivity index (χ0n) is 7.66. The number of unbranched alkanes of at least 4 members (excludes halogenated alkanes) is 1. The van der Waals surface area contributed by atoms with Gasteiger partial charge in [-0.15, -0.1) is 0 Å². The van der Waals surface area contributed by atoms with Gasteiger partial charge >= 0.3 is 5.97 Å². The number of rotatable bonds is 6. The first-order valence-corrected chi connectivity index (χ1v) is 4.05. The minimum Gasteiger partial charge on any atom is -0.480 e. The zero-order valence-corrected chi connectivity index (χ0v) is 7.66. The molecule has 0 radical (unpaired) electrons. The highest BCUT2D eigenvalue weighted by molar-refractivity contribution is 5.73. The molecule has 4 nitrogen and oxygen atoms in total. The highest BCUT2D eigenvalue weighted by Crippen LogP contribution is 2.07. The Labute approximate surface area is 72.9 Å². The summed E-state index contributed by atoms with van der Waals surface area (Å²) in [5.41, 5.74) is 0. The maximum absolute atomic E-state index is 10.7. The van der Waals surface area contributed by atoms with Crippen LogP contribution in [-0.4, -0.2) is 35.9 Å². The lowest BCUT2D eigenvalue weighted by Crippen LogP contribution is -2.34. The number of carboxylic acids is 1. The van der Waals surface area contributed by atoms with Gasteiger partial charge in [-0.3, -0.25) is 5.01 Å². The van der Waals surface area contributed by atoms with Gasteiger partial charge in [-0.05, 0) is 6.42 Å². The smallest absolute Gasteiger partial charge is 0.328 e. The van der Waals surface area contributed by atoms with Crippen LogP contribution in [0.5, 0.6) is 0 Å². The molecule has 0 aromatic rings. The van der Waals surface area contributed by atoms with Crippen molar-refractivity contribution in [3.05, 3.63) is 0 Å². The molecule has 0 bridgehead atoms. The normalized spacial score (nSPS) is 12.2. The summed E-state index contributed by atoms with van der Waals surface area (Å²) < 4.78 is 0. The van der Waals surface area contributed by atoms with Crippen LogP contribution in [-0.2, 0) is 4.79 Å². The lowest BCUT2D eigenvalue weighted by atomic mass is 10.1. The summed E-state index contributed by atoms with van der Waals surface area (Å²) in [6, 6.07) is -0.526. The number of hydrogen-bond donors (Lipinski definition) is 1. The number of hydrazone groups is 1. The Hall–Kier alpha value is -1.06. The second-order valence-corrected chi connectivity index (χ2v) is 2.71. The van der Waals surface area contributed by atoms with Crippen molar-refractivity contribution in [3.8, 4) is 0 Å². The van der Waals surface area contributed by atoms with Gasteiger partial charge in [0, 0.05) is 13.8 Å². The summed E-state index contributed by atoms with van der Waals surface area (Å²) >= 11 is 0. The lowest BCUT2D eigenvalue weighted by Gasteiger charge is -2.20. The molecule has 0 rings (SSSR count). The Bertz CT molecular complexity index is 159. The van der Waals surface area contributed by atoms with Gasteiger partial charge in [-0.25, -0.2) is 4.79 Å². The number of hydrogen-bond acceptors (Lipinski definition) is 3. The summed E-state index contributed by atoms with van der Waals surface area (Å²) in [5.74, 6) is -0.835. The molecule has 0 saturated carbocycles. The molecular formula is C8H16N2O2. The molecule has 1 atom stereocenters. The van der Waals surface area contributed by atoms with Gasteiger partial charge in [0.2, 0.25) is 0 Å². The maximum atomic E-state index is 10.7. The fourth-order valence-electron chi connectivity index (χ4n) is 0.966. The van der Waals surface area contributed by atoms with Crippen LogP contribution in [0.1, 0.15) is 26.2 Å². The zero-order chi connectivity index (χ0) is 9.56. The standard InChI is InChI=1S/C8H16N2O2/c1-4-5-6-7(8(11)12)10(3)9-2/h7H,2,4-6H2,1,3H3,(H,11,12). The van der Waals surface area contributed by atoms with Crippen LogP contribution in [0.15, 0.2) is 5.10 Å². The van der Waals surface area contributed by atoms with Gasteiger partial charge in [-0.1, -0.05) is 19.8 Å². The van der Waals surface area contributed by atoms with E-state index < -0.39 is 12.0 Å². The Kier molecular flexibility index (Phi) is 5.08. The van der Waals surface area contributed by atoms with Gasteiger partial charge in [0.15, 0.2) is 0 Å². The van der Waals surface area contributed by atoms with E-state index >= 15 is 0 Å². The highest BCUT2D eigenvalue weighted by Gasteiger charge is 2.19. The van der Waals surface area contributed by atoms with E-state index in [0.29, 0.717) is 6.42 Å². The second kappa shape index (κ2) is 5.57. The summed E-state index contributed by atoms with van der Waals surface area (Å²) in [7, 11) is 1.63. The van der Waals surface area contributed by atoms with Crippen molar-refractivity contribution >= 4 is 12.7 Å². The molecule has 0 aromatic heterocycles. The summed E-state index contributed by atoms with van der Waals surface area (Å²) in [5, 5.41) is 13.7. The van der Waals surface area contributed by atoms with Crippen molar-refractivity contribution in [2.75, 3.05) is 7.05 Å². The van der Waals surface area contributed by atoms with E-state index in [1.54, 1.807) is 7.05 Å².